The van der Waals surface area contributed by atoms with E-state index in [0.717, 1.165) is 31.0 Å². The zero-order valence-electron chi connectivity index (χ0n) is 13.9. The molecule has 2 fully saturated rings. The summed E-state index contributed by atoms with van der Waals surface area (Å²) in [5, 5.41) is 3.72. The first-order valence-electron chi connectivity index (χ1n) is 8.62. The molecule has 0 radical (unpaired) electrons. The van der Waals surface area contributed by atoms with Gasteiger partial charge in [0.05, 0.1) is 6.10 Å². The summed E-state index contributed by atoms with van der Waals surface area (Å²) in [6.45, 7) is 11.7. The highest BCUT2D eigenvalue weighted by Gasteiger charge is 2.32. The lowest BCUT2D eigenvalue weighted by atomic mass is 9.78. The summed E-state index contributed by atoms with van der Waals surface area (Å²) < 4.78 is 5.66. The van der Waals surface area contributed by atoms with Gasteiger partial charge in [-0.3, -0.25) is 0 Å². The molecular weight excluding hydrogens is 248 g/mol. The molecule has 0 amide bonds. The monoisotopic (exact) mass is 282 g/mol. The van der Waals surface area contributed by atoms with Crippen molar-refractivity contribution in [3.63, 3.8) is 0 Å². The maximum absolute atomic E-state index is 5.66. The predicted molar refractivity (Wildman–Crippen MR) is 85.0 cm³/mol. The molecule has 1 aliphatic carbocycles. The van der Waals surface area contributed by atoms with Gasteiger partial charge in [-0.15, -0.1) is 0 Å². The van der Waals surface area contributed by atoms with Crippen molar-refractivity contribution in [3.8, 4) is 0 Å². The van der Waals surface area contributed by atoms with Gasteiger partial charge in [-0.1, -0.05) is 20.8 Å². The fraction of sp³-hybridized carbons (Fsp3) is 1.00. The lowest BCUT2D eigenvalue weighted by Gasteiger charge is -2.42. The zero-order valence-corrected chi connectivity index (χ0v) is 13.9. The molecule has 3 nitrogen and oxygen atoms in total. The van der Waals surface area contributed by atoms with Crippen molar-refractivity contribution in [3.05, 3.63) is 0 Å². The number of methoxy groups -OCH3 is 1. The van der Waals surface area contributed by atoms with Crippen molar-refractivity contribution in [2.24, 2.45) is 17.8 Å². The van der Waals surface area contributed by atoms with Gasteiger partial charge in [0.25, 0.3) is 0 Å². The van der Waals surface area contributed by atoms with Crippen molar-refractivity contribution >= 4 is 0 Å². The summed E-state index contributed by atoms with van der Waals surface area (Å²) in [5.41, 5.74) is 0. The Labute approximate surface area is 125 Å². The van der Waals surface area contributed by atoms with Gasteiger partial charge >= 0.3 is 0 Å². The molecule has 1 saturated heterocycles. The van der Waals surface area contributed by atoms with E-state index in [1.54, 1.807) is 0 Å². The van der Waals surface area contributed by atoms with E-state index in [0.29, 0.717) is 12.0 Å². The smallest absolute Gasteiger partial charge is 0.0724 e. The first-order valence-corrected chi connectivity index (χ1v) is 8.62. The lowest BCUT2D eigenvalue weighted by molar-refractivity contribution is -0.0138. The van der Waals surface area contributed by atoms with E-state index in [1.807, 2.05) is 7.11 Å². The third-order valence-electron chi connectivity index (χ3n) is 5.48. The maximum atomic E-state index is 5.66. The molecule has 0 bridgehead atoms. The SMILES string of the molecule is CCNC1CCC(C)CC1CN1CCC(C)C(OC)C1. The number of nitrogens with zero attached hydrogens (tertiary/aromatic N) is 1. The summed E-state index contributed by atoms with van der Waals surface area (Å²) in [6, 6.07) is 0.733. The molecule has 1 heterocycles. The molecule has 3 heteroatoms. The summed E-state index contributed by atoms with van der Waals surface area (Å²) in [7, 11) is 1.87. The topological polar surface area (TPSA) is 24.5 Å². The summed E-state index contributed by atoms with van der Waals surface area (Å²) in [4.78, 5) is 2.65. The van der Waals surface area contributed by atoms with Crippen LogP contribution >= 0.6 is 0 Å². The van der Waals surface area contributed by atoms with Crippen LogP contribution in [0.4, 0.5) is 0 Å². The Bertz CT molecular complexity index is 284. The second kappa shape index (κ2) is 7.77. The second-order valence-electron chi connectivity index (χ2n) is 7.14. The molecule has 0 aromatic heterocycles. The van der Waals surface area contributed by atoms with Crippen LogP contribution in [0.2, 0.25) is 0 Å². The molecule has 118 valence electrons. The number of nitrogens with one attached hydrogen (secondary N) is 1. The van der Waals surface area contributed by atoms with Crippen LogP contribution in [0.5, 0.6) is 0 Å². The largest absolute Gasteiger partial charge is 0.380 e. The summed E-state index contributed by atoms with van der Waals surface area (Å²) in [6.07, 6.45) is 5.86. The van der Waals surface area contributed by atoms with E-state index in [1.165, 1.54) is 38.8 Å². The predicted octanol–water partition coefficient (Wildman–Crippen LogP) is 2.76. The number of hydrogen-bond acceptors (Lipinski definition) is 3. The van der Waals surface area contributed by atoms with Crippen molar-refractivity contribution in [2.45, 2.75) is 58.6 Å². The Balaban J connectivity index is 1.89. The number of likely N-dealkylation sites (tertiary alicyclic amines) is 1. The first-order chi connectivity index (χ1) is 9.63. The van der Waals surface area contributed by atoms with Crippen LogP contribution in [-0.4, -0.2) is 50.3 Å². The van der Waals surface area contributed by atoms with E-state index < -0.39 is 0 Å². The lowest BCUT2D eigenvalue weighted by Crippen LogP contribution is -2.50. The Morgan fingerprint density at radius 3 is 2.70 bits per heavy atom. The molecule has 1 saturated carbocycles. The number of ether oxygens (including phenoxy) is 1. The third-order valence-corrected chi connectivity index (χ3v) is 5.48. The average Bonchev–Trinajstić information content (AvgIpc) is 2.44. The zero-order chi connectivity index (χ0) is 14.5. The normalized spacial score (nSPS) is 39.9. The standard InChI is InChI=1S/C17H34N2O/c1-5-18-16-7-6-13(2)10-15(16)11-19-9-8-14(3)17(12-19)20-4/h13-18H,5-12H2,1-4H3. The third kappa shape index (κ3) is 4.19. The highest BCUT2D eigenvalue weighted by Crippen LogP contribution is 2.31. The Morgan fingerprint density at radius 2 is 2.00 bits per heavy atom. The Hall–Kier alpha value is -0.120. The van der Waals surface area contributed by atoms with Gasteiger partial charge in [-0.25, -0.2) is 0 Å². The second-order valence-corrected chi connectivity index (χ2v) is 7.14. The molecule has 5 atom stereocenters. The van der Waals surface area contributed by atoms with Gasteiger partial charge in [0, 0.05) is 26.2 Å². The first kappa shape index (κ1) is 16.3. The van der Waals surface area contributed by atoms with Crippen molar-refractivity contribution in [2.75, 3.05) is 33.3 Å². The number of piperidine rings is 1. The van der Waals surface area contributed by atoms with E-state index in [4.69, 9.17) is 4.74 Å². The quantitative estimate of drug-likeness (QED) is 0.839. The molecule has 20 heavy (non-hydrogen) atoms. The highest BCUT2D eigenvalue weighted by molar-refractivity contribution is 4.87. The van der Waals surface area contributed by atoms with E-state index in [2.05, 4.69) is 31.0 Å². The van der Waals surface area contributed by atoms with Crippen LogP contribution in [0.25, 0.3) is 0 Å². The molecule has 0 aromatic rings. The molecule has 1 N–H and O–H groups in total. The molecule has 0 aromatic carbocycles. The van der Waals surface area contributed by atoms with Crippen LogP contribution in [0.1, 0.15) is 46.5 Å². The molecule has 1 aliphatic heterocycles. The molecule has 0 spiro atoms. The number of hydrogen-bond donors (Lipinski definition) is 1. The van der Waals surface area contributed by atoms with Crippen LogP contribution in [0.15, 0.2) is 0 Å². The van der Waals surface area contributed by atoms with Gasteiger partial charge in [0.1, 0.15) is 0 Å². The van der Waals surface area contributed by atoms with E-state index >= 15 is 0 Å². The molecule has 2 rings (SSSR count). The number of rotatable bonds is 5. The van der Waals surface area contributed by atoms with Crippen LogP contribution < -0.4 is 5.32 Å². The minimum Gasteiger partial charge on any atom is -0.380 e. The van der Waals surface area contributed by atoms with Crippen LogP contribution in [0, 0.1) is 17.8 Å². The maximum Gasteiger partial charge on any atom is 0.0724 e. The fourth-order valence-corrected chi connectivity index (χ4v) is 4.13. The Kier molecular flexibility index (Phi) is 6.31. The van der Waals surface area contributed by atoms with Crippen molar-refractivity contribution in [1.82, 2.24) is 10.2 Å². The van der Waals surface area contributed by atoms with Crippen molar-refractivity contribution < 1.29 is 4.74 Å². The van der Waals surface area contributed by atoms with Gasteiger partial charge in [0.2, 0.25) is 0 Å². The Morgan fingerprint density at radius 1 is 1.20 bits per heavy atom. The van der Waals surface area contributed by atoms with E-state index in [9.17, 15) is 0 Å². The summed E-state index contributed by atoms with van der Waals surface area (Å²) in [5.74, 6) is 2.44. The van der Waals surface area contributed by atoms with Gasteiger partial charge in [-0.05, 0) is 56.5 Å². The van der Waals surface area contributed by atoms with E-state index in [-0.39, 0.29) is 0 Å². The van der Waals surface area contributed by atoms with Crippen LogP contribution in [0.3, 0.4) is 0 Å². The molecule has 2 aliphatic rings. The molecular formula is C17H34N2O. The van der Waals surface area contributed by atoms with Crippen LogP contribution in [-0.2, 0) is 4.74 Å². The van der Waals surface area contributed by atoms with Gasteiger partial charge < -0.3 is 15.0 Å². The van der Waals surface area contributed by atoms with Crippen molar-refractivity contribution in [1.29, 1.82) is 0 Å². The summed E-state index contributed by atoms with van der Waals surface area (Å²) >= 11 is 0. The van der Waals surface area contributed by atoms with Gasteiger partial charge in [0.15, 0.2) is 0 Å². The van der Waals surface area contributed by atoms with Gasteiger partial charge in [-0.2, -0.15) is 0 Å². The molecule has 5 unspecified atom stereocenters. The highest BCUT2D eigenvalue weighted by atomic mass is 16.5. The fourth-order valence-electron chi connectivity index (χ4n) is 4.13. The minimum absolute atomic E-state index is 0.433. The average molecular weight is 282 g/mol. The minimum atomic E-state index is 0.433.